The summed E-state index contributed by atoms with van der Waals surface area (Å²) < 4.78 is 24.4. The maximum atomic E-state index is 13.0. The van der Waals surface area contributed by atoms with Gasteiger partial charge in [-0.25, -0.2) is 9.18 Å². The van der Waals surface area contributed by atoms with Gasteiger partial charge in [-0.3, -0.25) is 4.98 Å². The highest BCUT2D eigenvalue weighted by Crippen LogP contribution is 2.36. The fourth-order valence-electron chi connectivity index (χ4n) is 3.79. The van der Waals surface area contributed by atoms with Crippen LogP contribution in [0, 0.1) is 5.82 Å². The third-order valence-electron chi connectivity index (χ3n) is 4.95. The first-order valence-corrected chi connectivity index (χ1v) is 9.43. The zero-order chi connectivity index (χ0) is 19.9. The van der Waals surface area contributed by atoms with Crippen LogP contribution >= 0.6 is 0 Å². The lowest BCUT2D eigenvalue weighted by molar-refractivity contribution is 0.0214. The molecule has 1 amide bonds. The van der Waals surface area contributed by atoms with Crippen molar-refractivity contribution in [3.05, 3.63) is 48.5 Å². The summed E-state index contributed by atoms with van der Waals surface area (Å²) in [6.45, 7) is 7.02. The molecule has 2 fully saturated rings. The predicted molar refractivity (Wildman–Crippen MR) is 103 cm³/mol. The summed E-state index contributed by atoms with van der Waals surface area (Å²) in [5, 5.41) is 0. The van der Waals surface area contributed by atoms with Gasteiger partial charge in [-0.05, 0) is 51.5 Å². The Hall–Kier alpha value is -2.83. The number of carbonyl (C=O) groups is 1. The Morgan fingerprint density at radius 2 is 1.86 bits per heavy atom. The van der Waals surface area contributed by atoms with Crippen LogP contribution in [-0.2, 0) is 4.74 Å². The van der Waals surface area contributed by atoms with Crippen molar-refractivity contribution in [2.75, 3.05) is 18.0 Å². The molecule has 2 saturated heterocycles. The van der Waals surface area contributed by atoms with Gasteiger partial charge in [0.25, 0.3) is 0 Å². The second-order valence-electron chi connectivity index (χ2n) is 8.26. The van der Waals surface area contributed by atoms with Crippen LogP contribution in [0.25, 0.3) is 0 Å². The van der Waals surface area contributed by atoms with Crippen molar-refractivity contribution < 1.29 is 18.7 Å². The van der Waals surface area contributed by atoms with Gasteiger partial charge in [-0.15, -0.1) is 0 Å². The molecule has 3 heterocycles. The van der Waals surface area contributed by atoms with Crippen LogP contribution in [0.1, 0.15) is 27.2 Å². The summed E-state index contributed by atoms with van der Waals surface area (Å²) in [6.07, 6.45) is 4.11. The number of benzene rings is 1. The van der Waals surface area contributed by atoms with Crippen molar-refractivity contribution in [2.24, 2.45) is 0 Å². The van der Waals surface area contributed by atoms with E-state index in [1.807, 2.05) is 31.7 Å². The number of likely N-dealkylation sites (tertiary alicyclic amines) is 1. The molecule has 4 rings (SSSR count). The maximum absolute atomic E-state index is 13.0. The third-order valence-corrected chi connectivity index (χ3v) is 4.95. The monoisotopic (exact) mass is 385 g/mol. The number of fused-ring (bicyclic) bond motifs is 2. The molecule has 2 atom stereocenters. The molecule has 7 heteroatoms. The minimum Gasteiger partial charge on any atom is -0.456 e. The number of nitrogens with zero attached hydrogens (tertiary/aromatic N) is 3. The van der Waals surface area contributed by atoms with Gasteiger partial charge in [-0.2, -0.15) is 0 Å². The Kier molecular flexibility index (Phi) is 4.61. The lowest BCUT2D eigenvalue weighted by Crippen LogP contribution is -2.50. The Morgan fingerprint density at radius 3 is 2.50 bits per heavy atom. The fourth-order valence-corrected chi connectivity index (χ4v) is 3.79. The number of pyridine rings is 1. The Morgan fingerprint density at radius 1 is 1.11 bits per heavy atom. The molecule has 0 N–H and O–H groups in total. The number of anilines is 1. The van der Waals surface area contributed by atoms with Crippen molar-refractivity contribution in [2.45, 2.75) is 44.9 Å². The number of hydrogen-bond donors (Lipinski definition) is 0. The second kappa shape index (κ2) is 6.96. The van der Waals surface area contributed by atoms with Gasteiger partial charge in [0.15, 0.2) is 0 Å². The molecule has 2 bridgehead atoms. The number of hydrogen-bond acceptors (Lipinski definition) is 5. The van der Waals surface area contributed by atoms with Crippen LogP contribution < -0.4 is 9.64 Å². The molecule has 0 aliphatic carbocycles. The molecular formula is C21H24FN3O3. The molecule has 0 spiro atoms. The van der Waals surface area contributed by atoms with E-state index in [2.05, 4.69) is 9.88 Å². The first-order valence-electron chi connectivity index (χ1n) is 9.43. The maximum Gasteiger partial charge on any atom is 0.410 e. The predicted octanol–water partition coefficient (Wildman–Crippen LogP) is 4.21. The first-order chi connectivity index (χ1) is 13.3. The number of amides is 1. The van der Waals surface area contributed by atoms with Gasteiger partial charge < -0.3 is 19.3 Å². The topological polar surface area (TPSA) is 54.9 Å². The van der Waals surface area contributed by atoms with Crippen LogP contribution in [0.4, 0.5) is 14.9 Å². The van der Waals surface area contributed by atoms with Crippen LogP contribution in [0.3, 0.4) is 0 Å². The van der Waals surface area contributed by atoms with E-state index in [9.17, 15) is 9.18 Å². The van der Waals surface area contributed by atoms with Gasteiger partial charge in [-0.1, -0.05) is 0 Å². The van der Waals surface area contributed by atoms with Gasteiger partial charge in [0.2, 0.25) is 0 Å². The molecule has 2 unspecified atom stereocenters. The zero-order valence-corrected chi connectivity index (χ0v) is 16.3. The summed E-state index contributed by atoms with van der Waals surface area (Å²) in [4.78, 5) is 20.8. The molecule has 6 nitrogen and oxygen atoms in total. The highest BCUT2D eigenvalue weighted by Gasteiger charge is 2.46. The van der Waals surface area contributed by atoms with Gasteiger partial charge in [0, 0.05) is 25.2 Å². The minimum absolute atomic E-state index is 0.140. The van der Waals surface area contributed by atoms with Crippen LogP contribution in [-0.4, -0.2) is 46.8 Å². The summed E-state index contributed by atoms with van der Waals surface area (Å²) in [6, 6.07) is 8.18. The van der Waals surface area contributed by atoms with Crippen molar-refractivity contribution in [1.29, 1.82) is 0 Å². The van der Waals surface area contributed by atoms with E-state index in [-0.39, 0.29) is 24.0 Å². The molecule has 2 aliphatic heterocycles. The van der Waals surface area contributed by atoms with Crippen LogP contribution in [0.5, 0.6) is 11.5 Å². The molecular weight excluding hydrogens is 361 g/mol. The molecule has 2 aromatic rings. The first kappa shape index (κ1) is 18.5. The van der Waals surface area contributed by atoms with Crippen LogP contribution in [0.2, 0.25) is 0 Å². The molecule has 0 radical (unpaired) electrons. The number of piperazine rings is 1. The summed E-state index contributed by atoms with van der Waals surface area (Å²) >= 11 is 0. The molecule has 1 aromatic heterocycles. The van der Waals surface area contributed by atoms with Gasteiger partial charge >= 0.3 is 6.09 Å². The number of halogens is 1. The second-order valence-corrected chi connectivity index (χ2v) is 8.26. The fraction of sp³-hybridized carbons (Fsp3) is 0.429. The van der Waals surface area contributed by atoms with Gasteiger partial charge in [0.05, 0.1) is 24.1 Å². The highest BCUT2D eigenvalue weighted by atomic mass is 19.1. The SMILES string of the molecule is CC(C)(C)OC(=O)N1CC2CC1CN2c1cncc(Oc2ccc(F)cc2)c1. The summed E-state index contributed by atoms with van der Waals surface area (Å²) in [7, 11) is 0. The van der Waals surface area contributed by atoms with E-state index in [0.29, 0.717) is 18.0 Å². The average molecular weight is 385 g/mol. The quantitative estimate of drug-likeness (QED) is 0.792. The van der Waals surface area contributed by atoms with Crippen molar-refractivity contribution in [3.8, 4) is 11.5 Å². The van der Waals surface area contributed by atoms with Crippen LogP contribution in [0.15, 0.2) is 42.7 Å². The van der Waals surface area contributed by atoms with E-state index in [0.717, 1.165) is 18.7 Å². The Bertz CT molecular complexity index is 866. The van der Waals surface area contributed by atoms with Crippen molar-refractivity contribution >= 4 is 11.8 Å². The summed E-state index contributed by atoms with van der Waals surface area (Å²) in [5.74, 6) is 0.845. The van der Waals surface area contributed by atoms with E-state index < -0.39 is 5.60 Å². The third kappa shape index (κ3) is 3.88. The van der Waals surface area contributed by atoms with E-state index in [4.69, 9.17) is 9.47 Å². The van der Waals surface area contributed by atoms with E-state index in [1.54, 1.807) is 24.5 Å². The largest absolute Gasteiger partial charge is 0.456 e. The Labute approximate surface area is 163 Å². The molecule has 0 saturated carbocycles. The normalized spacial score (nSPS) is 21.1. The van der Waals surface area contributed by atoms with Crippen molar-refractivity contribution in [3.63, 3.8) is 0 Å². The molecule has 2 aliphatic rings. The Balaban J connectivity index is 1.43. The molecule has 28 heavy (non-hydrogen) atoms. The average Bonchev–Trinajstić information content (AvgIpc) is 3.23. The number of ether oxygens (including phenoxy) is 2. The zero-order valence-electron chi connectivity index (χ0n) is 16.3. The van der Waals surface area contributed by atoms with Gasteiger partial charge in [0.1, 0.15) is 22.9 Å². The minimum atomic E-state index is -0.492. The lowest BCUT2D eigenvalue weighted by Gasteiger charge is -2.36. The smallest absolute Gasteiger partial charge is 0.410 e. The number of carbonyl (C=O) groups excluding carboxylic acids is 1. The molecule has 1 aromatic carbocycles. The van der Waals surface area contributed by atoms with E-state index >= 15 is 0 Å². The number of aromatic nitrogens is 1. The standard InChI is InChI=1S/C21H24FN3O3/c1-21(2,3)28-20(26)25-13-16-8-17(25)12-24(16)15-9-19(11-23-10-15)27-18-6-4-14(22)5-7-18/h4-7,9-11,16-17H,8,12-13H2,1-3H3. The summed E-state index contributed by atoms with van der Waals surface area (Å²) in [5.41, 5.74) is 0.463. The highest BCUT2D eigenvalue weighted by molar-refractivity contribution is 5.70. The van der Waals surface area contributed by atoms with Crippen molar-refractivity contribution in [1.82, 2.24) is 9.88 Å². The number of rotatable bonds is 3. The lowest BCUT2D eigenvalue weighted by atomic mass is 10.2. The van der Waals surface area contributed by atoms with E-state index in [1.165, 1.54) is 12.1 Å². The molecule has 148 valence electrons.